The van der Waals surface area contributed by atoms with Crippen LogP contribution in [0.1, 0.15) is 5.76 Å². The van der Waals surface area contributed by atoms with Crippen LogP contribution >= 0.6 is 0 Å². The monoisotopic (exact) mass is 282 g/mol. The molecule has 1 N–H and O–H groups in total. The standard InChI is InChI=1S/C15H10N2O4/c18-13-12(9-11-7-4-8-21-11)14(19)17(15(20)16-13)10-5-2-1-3-6-10/h1-9H,(H,16,18,20). The lowest BCUT2D eigenvalue weighted by Gasteiger charge is -2.26. The second-order valence-corrected chi connectivity index (χ2v) is 4.31. The first-order valence-electron chi connectivity index (χ1n) is 6.17. The van der Waals surface area contributed by atoms with Crippen molar-refractivity contribution in [3.63, 3.8) is 0 Å². The number of nitrogens with zero attached hydrogens (tertiary/aromatic N) is 1. The van der Waals surface area contributed by atoms with Crippen molar-refractivity contribution in [1.29, 1.82) is 0 Å². The van der Waals surface area contributed by atoms with Gasteiger partial charge in [-0.05, 0) is 30.3 Å². The average molecular weight is 282 g/mol. The molecule has 0 aliphatic carbocycles. The van der Waals surface area contributed by atoms with Crippen molar-refractivity contribution in [2.45, 2.75) is 0 Å². The Labute approximate surface area is 119 Å². The second-order valence-electron chi connectivity index (χ2n) is 4.31. The highest BCUT2D eigenvalue weighted by atomic mass is 16.3. The number of hydrogen-bond donors (Lipinski definition) is 1. The Bertz CT molecular complexity index is 732. The van der Waals surface area contributed by atoms with Gasteiger partial charge in [0.25, 0.3) is 11.8 Å². The van der Waals surface area contributed by atoms with Gasteiger partial charge in [0.1, 0.15) is 11.3 Å². The van der Waals surface area contributed by atoms with E-state index < -0.39 is 17.8 Å². The van der Waals surface area contributed by atoms with Crippen molar-refractivity contribution >= 4 is 29.6 Å². The van der Waals surface area contributed by atoms with Crippen LogP contribution in [0, 0.1) is 0 Å². The molecule has 0 unspecified atom stereocenters. The third kappa shape index (κ3) is 2.34. The molecule has 1 aliphatic rings. The van der Waals surface area contributed by atoms with Crippen LogP contribution in [0.15, 0.2) is 58.7 Å². The number of amides is 4. The van der Waals surface area contributed by atoms with Crippen molar-refractivity contribution in [3.8, 4) is 0 Å². The Balaban J connectivity index is 2.02. The molecular formula is C15H10N2O4. The molecule has 6 heteroatoms. The Morgan fingerprint density at radius 2 is 1.76 bits per heavy atom. The van der Waals surface area contributed by atoms with Crippen LogP contribution in [0.5, 0.6) is 0 Å². The van der Waals surface area contributed by atoms with Crippen LogP contribution in [-0.2, 0) is 9.59 Å². The maximum atomic E-state index is 12.4. The number of carbonyl (C=O) groups is 3. The average Bonchev–Trinajstić information content (AvgIpc) is 2.97. The Hall–Kier alpha value is -3.15. The molecule has 21 heavy (non-hydrogen) atoms. The summed E-state index contributed by atoms with van der Waals surface area (Å²) < 4.78 is 5.09. The topological polar surface area (TPSA) is 79.6 Å². The van der Waals surface area contributed by atoms with E-state index in [1.807, 2.05) is 0 Å². The summed E-state index contributed by atoms with van der Waals surface area (Å²) >= 11 is 0. The number of benzene rings is 1. The molecule has 1 fully saturated rings. The van der Waals surface area contributed by atoms with E-state index >= 15 is 0 Å². The number of rotatable bonds is 2. The first kappa shape index (κ1) is 12.9. The Morgan fingerprint density at radius 3 is 2.43 bits per heavy atom. The van der Waals surface area contributed by atoms with E-state index in [4.69, 9.17) is 4.42 Å². The minimum absolute atomic E-state index is 0.159. The second kappa shape index (κ2) is 5.09. The van der Waals surface area contributed by atoms with Gasteiger partial charge in [0.05, 0.1) is 12.0 Å². The molecule has 0 spiro atoms. The van der Waals surface area contributed by atoms with Crippen molar-refractivity contribution < 1.29 is 18.8 Å². The van der Waals surface area contributed by atoms with Gasteiger partial charge in [-0.3, -0.25) is 14.9 Å². The van der Waals surface area contributed by atoms with Gasteiger partial charge < -0.3 is 4.42 Å². The third-order valence-electron chi connectivity index (χ3n) is 2.95. The molecule has 3 rings (SSSR count). The molecule has 1 aromatic heterocycles. The highest BCUT2D eigenvalue weighted by Crippen LogP contribution is 2.21. The van der Waals surface area contributed by atoms with E-state index in [-0.39, 0.29) is 5.57 Å². The number of hydrogen-bond acceptors (Lipinski definition) is 4. The number of anilines is 1. The van der Waals surface area contributed by atoms with Crippen LogP contribution < -0.4 is 10.2 Å². The summed E-state index contributed by atoms with van der Waals surface area (Å²) in [4.78, 5) is 37.0. The van der Waals surface area contributed by atoms with Crippen LogP contribution in [0.4, 0.5) is 10.5 Å². The Kier molecular flexibility index (Phi) is 3.12. The first-order valence-corrected chi connectivity index (χ1v) is 6.17. The molecule has 6 nitrogen and oxygen atoms in total. The van der Waals surface area contributed by atoms with Gasteiger partial charge in [0.15, 0.2) is 0 Å². The van der Waals surface area contributed by atoms with E-state index in [1.165, 1.54) is 12.3 Å². The van der Waals surface area contributed by atoms with Gasteiger partial charge in [0, 0.05) is 0 Å². The fraction of sp³-hybridized carbons (Fsp3) is 0. The molecule has 0 atom stereocenters. The molecular weight excluding hydrogens is 272 g/mol. The SMILES string of the molecule is O=C1NC(=O)N(c2ccccc2)C(=O)C1=Cc1ccco1. The molecule has 0 bridgehead atoms. The fourth-order valence-electron chi connectivity index (χ4n) is 1.98. The predicted octanol–water partition coefficient (Wildman–Crippen LogP) is 1.95. The zero-order chi connectivity index (χ0) is 14.8. The summed E-state index contributed by atoms with van der Waals surface area (Å²) in [7, 11) is 0. The van der Waals surface area contributed by atoms with Gasteiger partial charge in [0.2, 0.25) is 0 Å². The highest BCUT2D eigenvalue weighted by Gasteiger charge is 2.36. The van der Waals surface area contributed by atoms with Crippen molar-refractivity contribution in [3.05, 3.63) is 60.1 Å². The number of para-hydroxylation sites is 1. The summed E-state index contributed by atoms with van der Waals surface area (Å²) in [6.07, 6.45) is 2.73. The van der Waals surface area contributed by atoms with Crippen LogP contribution in [0.2, 0.25) is 0 Å². The summed E-state index contributed by atoms with van der Waals surface area (Å²) in [5.41, 5.74) is 0.228. The van der Waals surface area contributed by atoms with Crippen molar-refractivity contribution in [1.82, 2.24) is 5.32 Å². The number of imide groups is 2. The summed E-state index contributed by atoms with van der Waals surface area (Å²) in [5, 5.41) is 2.14. The number of furan rings is 1. The molecule has 2 heterocycles. The number of urea groups is 1. The normalized spacial score (nSPS) is 17.2. The van der Waals surface area contributed by atoms with Gasteiger partial charge in [-0.2, -0.15) is 0 Å². The van der Waals surface area contributed by atoms with Crippen LogP contribution in [0.3, 0.4) is 0 Å². The summed E-state index contributed by atoms with van der Waals surface area (Å²) in [5.74, 6) is -1.07. The number of nitrogens with one attached hydrogen (secondary N) is 1. The minimum atomic E-state index is -0.771. The Morgan fingerprint density at radius 1 is 1.00 bits per heavy atom. The maximum Gasteiger partial charge on any atom is 0.335 e. The molecule has 1 aliphatic heterocycles. The van der Waals surface area contributed by atoms with E-state index in [0.29, 0.717) is 11.4 Å². The van der Waals surface area contributed by atoms with E-state index in [2.05, 4.69) is 5.32 Å². The molecule has 0 saturated carbocycles. The lowest BCUT2D eigenvalue weighted by Crippen LogP contribution is -2.54. The lowest BCUT2D eigenvalue weighted by molar-refractivity contribution is -0.122. The van der Waals surface area contributed by atoms with Crippen molar-refractivity contribution in [2.75, 3.05) is 4.90 Å². The van der Waals surface area contributed by atoms with Gasteiger partial charge in [-0.15, -0.1) is 0 Å². The largest absolute Gasteiger partial charge is 0.465 e. The van der Waals surface area contributed by atoms with Gasteiger partial charge in [-0.25, -0.2) is 9.69 Å². The maximum absolute atomic E-state index is 12.4. The zero-order valence-electron chi connectivity index (χ0n) is 10.8. The lowest BCUT2D eigenvalue weighted by atomic mass is 10.1. The van der Waals surface area contributed by atoms with Crippen LogP contribution in [0.25, 0.3) is 6.08 Å². The van der Waals surface area contributed by atoms with E-state index in [0.717, 1.165) is 4.90 Å². The summed E-state index contributed by atoms with van der Waals surface area (Å²) in [6.45, 7) is 0. The van der Waals surface area contributed by atoms with E-state index in [1.54, 1.807) is 42.5 Å². The van der Waals surface area contributed by atoms with E-state index in [9.17, 15) is 14.4 Å². The molecule has 4 amide bonds. The highest BCUT2D eigenvalue weighted by molar-refractivity contribution is 6.39. The first-order chi connectivity index (χ1) is 10.2. The minimum Gasteiger partial charge on any atom is -0.465 e. The quantitative estimate of drug-likeness (QED) is 0.674. The van der Waals surface area contributed by atoms with Gasteiger partial charge >= 0.3 is 6.03 Å². The van der Waals surface area contributed by atoms with Gasteiger partial charge in [-0.1, -0.05) is 18.2 Å². The fourth-order valence-corrected chi connectivity index (χ4v) is 1.98. The molecule has 1 saturated heterocycles. The van der Waals surface area contributed by atoms with Crippen molar-refractivity contribution in [2.24, 2.45) is 0 Å². The molecule has 2 aromatic rings. The zero-order valence-corrected chi connectivity index (χ0v) is 10.8. The smallest absolute Gasteiger partial charge is 0.335 e. The number of barbiturate groups is 1. The number of carbonyl (C=O) groups excluding carboxylic acids is 3. The third-order valence-corrected chi connectivity index (χ3v) is 2.95. The summed E-state index contributed by atoms with van der Waals surface area (Å²) in [6, 6.07) is 10.8. The molecule has 104 valence electrons. The molecule has 1 aromatic carbocycles. The van der Waals surface area contributed by atoms with Crippen LogP contribution in [-0.4, -0.2) is 17.8 Å². The predicted molar refractivity (Wildman–Crippen MR) is 74.2 cm³/mol. The molecule has 0 radical (unpaired) electrons.